The van der Waals surface area contributed by atoms with Gasteiger partial charge in [0.15, 0.2) is 0 Å². The van der Waals surface area contributed by atoms with E-state index < -0.39 is 0 Å². The molecule has 0 aromatic heterocycles. The summed E-state index contributed by atoms with van der Waals surface area (Å²) in [6.45, 7) is 6.88. The van der Waals surface area contributed by atoms with Gasteiger partial charge >= 0.3 is 0 Å². The molecule has 0 aliphatic heterocycles. The molecule has 0 aliphatic carbocycles. The Morgan fingerprint density at radius 1 is 1.00 bits per heavy atom. The molecule has 1 heteroatoms. The van der Waals surface area contributed by atoms with Gasteiger partial charge in [-0.05, 0) is 19.3 Å². The lowest BCUT2D eigenvalue weighted by atomic mass is 9.95. The zero-order valence-electron chi connectivity index (χ0n) is 8.12. The highest BCUT2D eigenvalue weighted by atomic mass is 127. The monoisotopic (exact) mass is 268 g/mol. The quantitative estimate of drug-likeness (QED) is 0.489. The minimum absolute atomic E-state index is 0.614. The van der Waals surface area contributed by atoms with E-state index in [4.69, 9.17) is 0 Å². The van der Waals surface area contributed by atoms with Crippen LogP contribution in [0.2, 0.25) is 0 Å². The standard InChI is InChI=1S/C10H21I/c1-4-7-9-10(11,6-3)8-5-2/h4-9H2,1-3H3. The first-order chi connectivity index (χ1) is 5.18. The van der Waals surface area contributed by atoms with Gasteiger partial charge in [-0.2, -0.15) is 0 Å². The predicted molar refractivity (Wildman–Crippen MR) is 61.5 cm³/mol. The molecule has 1 atom stereocenters. The Hall–Kier alpha value is 0.730. The molecular formula is C10H21I. The van der Waals surface area contributed by atoms with Gasteiger partial charge in [0, 0.05) is 3.42 Å². The lowest BCUT2D eigenvalue weighted by molar-refractivity contribution is 0.487. The highest BCUT2D eigenvalue weighted by Crippen LogP contribution is 2.33. The molecule has 0 saturated heterocycles. The smallest absolute Gasteiger partial charge is 0.0219 e. The van der Waals surface area contributed by atoms with Crippen LogP contribution in [0.4, 0.5) is 0 Å². The lowest BCUT2D eigenvalue weighted by Crippen LogP contribution is -2.18. The second-order valence-corrected chi connectivity index (χ2v) is 5.65. The van der Waals surface area contributed by atoms with Crippen molar-refractivity contribution in [1.82, 2.24) is 0 Å². The van der Waals surface area contributed by atoms with Gasteiger partial charge in [0.25, 0.3) is 0 Å². The van der Waals surface area contributed by atoms with Gasteiger partial charge in [-0.3, -0.25) is 0 Å². The molecule has 0 heterocycles. The maximum atomic E-state index is 2.66. The minimum Gasteiger partial charge on any atom is -0.0789 e. The minimum atomic E-state index is 0.614. The molecule has 11 heavy (non-hydrogen) atoms. The molecule has 0 aromatic rings. The molecule has 1 unspecified atom stereocenters. The molecule has 0 spiro atoms. The fourth-order valence-corrected chi connectivity index (χ4v) is 2.34. The average Bonchev–Trinajstić information content (AvgIpc) is 2.02. The third-order valence-electron chi connectivity index (χ3n) is 2.31. The third kappa shape index (κ3) is 5.05. The molecule has 68 valence electrons. The summed E-state index contributed by atoms with van der Waals surface area (Å²) in [4.78, 5) is 0. The molecule has 0 aromatic carbocycles. The van der Waals surface area contributed by atoms with Crippen LogP contribution in [-0.4, -0.2) is 3.42 Å². The molecule has 0 radical (unpaired) electrons. The summed E-state index contributed by atoms with van der Waals surface area (Å²) >= 11 is 2.66. The highest BCUT2D eigenvalue weighted by molar-refractivity contribution is 14.1. The van der Waals surface area contributed by atoms with E-state index in [2.05, 4.69) is 43.4 Å². The second-order valence-electron chi connectivity index (χ2n) is 3.36. The topological polar surface area (TPSA) is 0 Å². The van der Waals surface area contributed by atoms with Crippen molar-refractivity contribution in [3.05, 3.63) is 0 Å². The Morgan fingerprint density at radius 2 is 1.64 bits per heavy atom. The van der Waals surface area contributed by atoms with E-state index in [-0.39, 0.29) is 0 Å². The summed E-state index contributed by atoms with van der Waals surface area (Å²) in [6, 6.07) is 0. The highest BCUT2D eigenvalue weighted by Gasteiger charge is 2.21. The zero-order valence-corrected chi connectivity index (χ0v) is 10.3. The van der Waals surface area contributed by atoms with Gasteiger partial charge in [0.2, 0.25) is 0 Å². The normalized spacial score (nSPS) is 16.4. The Kier molecular flexibility index (Phi) is 6.68. The number of unbranched alkanes of at least 4 members (excludes halogenated alkanes) is 1. The summed E-state index contributed by atoms with van der Waals surface area (Å²) in [6.07, 6.45) is 8.21. The summed E-state index contributed by atoms with van der Waals surface area (Å²) in [7, 11) is 0. The molecular weight excluding hydrogens is 247 g/mol. The maximum absolute atomic E-state index is 2.66. The van der Waals surface area contributed by atoms with E-state index in [0.717, 1.165) is 0 Å². The second kappa shape index (κ2) is 6.27. The Labute approximate surface area is 85.3 Å². The first-order valence-electron chi connectivity index (χ1n) is 4.87. The number of hydrogen-bond acceptors (Lipinski definition) is 0. The maximum Gasteiger partial charge on any atom is 0.0219 e. The van der Waals surface area contributed by atoms with Gasteiger partial charge < -0.3 is 0 Å². The number of alkyl halides is 1. The molecule has 0 fully saturated rings. The van der Waals surface area contributed by atoms with Crippen molar-refractivity contribution >= 4 is 22.6 Å². The van der Waals surface area contributed by atoms with Crippen molar-refractivity contribution in [1.29, 1.82) is 0 Å². The first kappa shape index (κ1) is 11.7. The Balaban J connectivity index is 3.68. The van der Waals surface area contributed by atoms with E-state index in [1.54, 1.807) is 0 Å². The Morgan fingerprint density at radius 3 is 2.00 bits per heavy atom. The summed E-state index contributed by atoms with van der Waals surface area (Å²) in [5, 5.41) is 0. The van der Waals surface area contributed by atoms with Crippen molar-refractivity contribution < 1.29 is 0 Å². The van der Waals surface area contributed by atoms with Crippen LogP contribution in [0, 0.1) is 0 Å². The summed E-state index contributed by atoms with van der Waals surface area (Å²) < 4.78 is 0.614. The van der Waals surface area contributed by atoms with E-state index in [1.807, 2.05) is 0 Å². The molecule has 0 saturated carbocycles. The van der Waals surface area contributed by atoms with Gasteiger partial charge in [-0.25, -0.2) is 0 Å². The van der Waals surface area contributed by atoms with Crippen LogP contribution in [-0.2, 0) is 0 Å². The fraction of sp³-hybridized carbons (Fsp3) is 1.00. The number of rotatable bonds is 6. The van der Waals surface area contributed by atoms with Crippen LogP contribution in [0.3, 0.4) is 0 Å². The summed E-state index contributed by atoms with van der Waals surface area (Å²) in [5.41, 5.74) is 0. The summed E-state index contributed by atoms with van der Waals surface area (Å²) in [5.74, 6) is 0. The van der Waals surface area contributed by atoms with Crippen molar-refractivity contribution in [2.75, 3.05) is 0 Å². The lowest BCUT2D eigenvalue weighted by Gasteiger charge is -2.25. The third-order valence-corrected chi connectivity index (χ3v) is 4.15. The molecule has 0 amide bonds. The molecule has 0 nitrogen and oxygen atoms in total. The van der Waals surface area contributed by atoms with Crippen LogP contribution in [0.15, 0.2) is 0 Å². The van der Waals surface area contributed by atoms with Crippen LogP contribution in [0.25, 0.3) is 0 Å². The van der Waals surface area contributed by atoms with Crippen molar-refractivity contribution in [2.24, 2.45) is 0 Å². The molecule has 0 bridgehead atoms. The van der Waals surface area contributed by atoms with Crippen molar-refractivity contribution in [3.63, 3.8) is 0 Å². The largest absolute Gasteiger partial charge is 0.0789 e. The van der Waals surface area contributed by atoms with E-state index in [0.29, 0.717) is 3.42 Å². The van der Waals surface area contributed by atoms with Gasteiger partial charge in [0.1, 0.15) is 0 Å². The SMILES string of the molecule is CCCCC(I)(CC)CCC. The first-order valence-corrected chi connectivity index (χ1v) is 5.95. The van der Waals surface area contributed by atoms with Crippen LogP contribution >= 0.6 is 22.6 Å². The van der Waals surface area contributed by atoms with Crippen molar-refractivity contribution in [3.8, 4) is 0 Å². The van der Waals surface area contributed by atoms with Gasteiger partial charge in [-0.15, -0.1) is 0 Å². The van der Waals surface area contributed by atoms with Crippen LogP contribution in [0.1, 0.15) is 59.3 Å². The van der Waals surface area contributed by atoms with E-state index in [9.17, 15) is 0 Å². The van der Waals surface area contributed by atoms with Crippen molar-refractivity contribution in [2.45, 2.75) is 62.7 Å². The van der Waals surface area contributed by atoms with E-state index in [1.165, 1.54) is 38.5 Å². The Bertz CT molecular complexity index is 90.9. The van der Waals surface area contributed by atoms with Crippen LogP contribution < -0.4 is 0 Å². The molecule has 0 N–H and O–H groups in total. The van der Waals surface area contributed by atoms with Gasteiger partial charge in [0.05, 0.1) is 0 Å². The zero-order chi connectivity index (χ0) is 8.74. The van der Waals surface area contributed by atoms with E-state index >= 15 is 0 Å². The predicted octanol–water partition coefficient (Wildman–Crippen LogP) is 4.56. The molecule has 0 aliphatic rings. The van der Waals surface area contributed by atoms with Gasteiger partial charge in [-0.1, -0.05) is 62.6 Å². The number of halogens is 1. The van der Waals surface area contributed by atoms with Crippen LogP contribution in [0.5, 0.6) is 0 Å². The molecule has 0 rings (SSSR count). The fourth-order valence-electron chi connectivity index (χ4n) is 1.42. The average molecular weight is 268 g/mol. The number of hydrogen-bond donors (Lipinski definition) is 0.